The lowest BCUT2D eigenvalue weighted by Gasteiger charge is -2.24. The molecule has 0 aliphatic rings. The molecule has 0 heterocycles. The van der Waals surface area contributed by atoms with E-state index < -0.39 is 29.5 Å². The van der Waals surface area contributed by atoms with Crippen LogP contribution in [0.25, 0.3) is 0 Å². The molecule has 1 atom stereocenters. The van der Waals surface area contributed by atoms with Crippen molar-refractivity contribution in [3.8, 4) is 0 Å². The number of ether oxygens (including phenoxy) is 2. The molecular formula is C16H20BrClFNO4. The first-order valence-electron chi connectivity index (χ1n) is 7.33. The summed E-state index contributed by atoms with van der Waals surface area (Å²) in [5, 5.41) is 2.76. The fraction of sp³-hybridized carbons (Fsp3) is 0.500. The number of hydrogen-bond acceptors (Lipinski definition) is 4. The molecule has 0 spiro atoms. The van der Waals surface area contributed by atoms with E-state index in [0.717, 1.165) is 0 Å². The predicted molar refractivity (Wildman–Crippen MR) is 92.5 cm³/mol. The second-order valence-corrected chi connectivity index (χ2v) is 7.29. The Bertz CT molecular complexity index is 619. The highest BCUT2D eigenvalue weighted by Crippen LogP contribution is 2.30. The van der Waals surface area contributed by atoms with Crippen molar-refractivity contribution < 1.29 is 23.5 Å². The van der Waals surface area contributed by atoms with E-state index in [0.29, 0.717) is 0 Å². The van der Waals surface area contributed by atoms with E-state index in [1.54, 1.807) is 27.7 Å². The van der Waals surface area contributed by atoms with Crippen molar-refractivity contribution in [3.05, 3.63) is 33.0 Å². The highest BCUT2D eigenvalue weighted by molar-refractivity contribution is 9.10. The Balaban J connectivity index is 3.10. The number of carbonyl (C=O) groups excluding carboxylic acids is 2. The number of benzene rings is 1. The third kappa shape index (κ3) is 6.65. The lowest BCUT2D eigenvalue weighted by molar-refractivity contribution is -0.143. The minimum atomic E-state index is -0.978. The average Bonchev–Trinajstić information content (AvgIpc) is 2.40. The van der Waals surface area contributed by atoms with Crippen LogP contribution in [0.2, 0.25) is 5.02 Å². The highest BCUT2D eigenvalue weighted by atomic mass is 79.9. The monoisotopic (exact) mass is 423 g/mol. The average molecular weight is 425 g/mol. The SMILES string of the molecule is CCOC(=O)C[C@H](NC(=O)OC(C)(C)C)c1cc(Cl)cc(Br)c1F. The van der Waals surface area contributed by atoms with Gasteiger partial charge >= 0.3 is 12.1 Å². The molecule has 0 saturated carbocycles. The van der Waals surface area contributed by atoms with Gasteiger partial charge in [0.25, 0.3) is 0 Å². The van der Waals surface area contributed by atoms with Gasteiger partial charge in [-0.2, -0.15) is 0 Å². The van der Waals surface area contributed by atoms with Gasteiger partial charge in [0.05, 0.1) is 23.5 Å². The normalized spacial score (nSPS) is 12.5. The Morgan fingerprint density at radius 3 is 2.54 bits per heavy atom. The van der Waals surface area contributed by atoms with Crippen molar-refractivity contribution in [2.24, 2.45) is 0 Å². The third-order valence-corrected chi connectivity index (χ3v) is 3.56. The molecule has 1 rings (SSSR count). The van der Waals surface area contributed by atoms with Crippen LogP contribution in [0.1, 0.15) is 45.7 Å². The number of nitrogens with one attached hydrogen (secondary N) is 1. The lowest BCUT2D eigenvalue weighted by Crippen LogP contribution is -2.36. The van der Waals surface area contributed by atoms with Gasteiger partial charge in [-0.1, -0.05) is 11.6 Å². The Kier molecular flexibility index (Phi) is 7.48. The van der Waals surface area contributed by atoms with Crippen LogP contribution in [0, 0.1) is 5.82 Å². The van der Waals surface area contributed by atoms with Crippen LogP contribution >= 0.6 is 27.5 Å². The Morgan fingerprint density at radius 2 is 2.00 bits per heavy atom. The number of alkyl carbamates (subject to hydrolysis) is 1. The second-order valence-electron chi connectivity index (χ2n) is 6.00. The van der Waals surface area contributed by atoms with E-state index in [2.05, 4.69) is 21.2 Å². The molecule has 24 heavy (non-hydrogen) atoms. The van der Waals surface area contributed by atoms with E-state index >= 15 is 0 Å². The lowest BCUT2D eigenvalue weighted by atomic mass is 10.0. The maximum atomic E-state index is 14.4. The van der Waals surface area contributed by atoms with Gasteiger partial charge in [0, 0.05) is 10.6 Å². The minimum absolute atomic E-state index is 0.0632. The topological polar surface area (TPSA) is 64.6 Å². The largest absolute Gasteiger partial charge is 0.466 e. The molecule has 1 amide bonds. The van der Waals surface area contributed by atoms with Crippen LogP contribution in [-0.2, 0) is 14.3 Å². The molecule has 1 N–H and O–H groups in total. The number of rotatable bonds is 5. The van der Waals surface area contributed by atoms with E-state index in [1.807, 2.05) is 0 Å². The number of halogens is 3. The van der Waals surface area contributed by atoms with Crippen LogP contribution in [0.15, 0.2) is 16.6 Å². The molecule has 0 aliphatic heterocycles. The van der Waals surface area contributed by atoms with Gasteiger partial charge in [-0.3, -0.25) is 4.79 Å². The first-order valence-corrected chi connectivity index (χ1v) is 8.50. The van der Waals surface area contributed by atoms with Crippen molar-refractivity contribution in [2.45, 2.75) is 45.8 Å². The van der Waals surface area contributed by atoms with Crippen molar-refractivity contribution >= 4 is 39.6 Å². The number of amides is 1. The van der Waals surface area contributed by atoms with Crippen LogP contribution in [0.3, 0.4) is 0 Å². The summed E-state index contributed by atoms with van der Waals surface area (Å²) < 4.78 is 24.6. The van der Waals surface area contributed by atoms with E-state index in [-0.39, 0.29) is 28.1 Å². The zero-order chi connectivity index (χ0) is 18.5. The quantitative estimate of drug-likeness (QED) is 0.547. The van der Waals surface area contributed by atoms with Crippen molar-refractivity contribution in [3.63, 3.8) is 0 Å². The molecule has 0 aliphatic carbocycles. The molecule has 5 nitrogen and oxygen atoms in total. The molecule has 0 saturated heterocycles. The van der Waals surface area contributed by atoms with Crippen LogP contribution in [0.5, 0.6) is 0 Å². The summed E-state index contributed by atoms with van der Waals surface area (Å²) in [5.41, 5.74) is -0.667. The molecule has 134 valence electrons. The molecule has 0 aromatic heterocycles. The van der Waals surface area contributed by atoms with Gasteiger partial charge in [-0.25, -0.2) is 9.18 Å². The maximum absolute atomic E-state index is 14.4. The molecule has 0 bridgehead atoms. The number of esters is 1. The van der Waals surface area contributed by atoms with Gasteiger partial charge in [0.2, 0.25) is 0 Å². The number of hydrogen-bond donors (Lipinski definition) is 1. The second kappa shape index (κ2) is 8.67. The summed E-state index contributed by atoms with van der Waals surface area (Å²) >= 11 is 9.01. The van der Waals surface area contributed by atoms with Crippen LogP contribution in [-0.4, -0.2) is 24.3 Å². The minimum Gasteiger partial charge on any atom is -0.466 e. The van der Waals surface area contributed by atoms with Gasteiger partial charge < -0.3 is 14.8 Å². The van der Waals surface area contributed by atoms with Crippen molar-refractivity contribution in [2.75, 3.05) is 6.61 Å². The molecule has 8 heteroatoms. The summed E-state index contributed by atoms with van der Waals surface area (Å²) in [4.78, 5) is 23.8. The van der Waals surface area contributed by atoms with Crippen molar-refractivity contribution in [1.82, 2.24) is 5.32 Å². The molecular weight excluding hydrogens is 405 g/mol. The van der Waals surface area contributed by atoms with E-state index in [1.165, 1.54) is 12.1 Å². The van der Waals surface area contributed by atoms with Gasteiger partial charge in [0.15, 0.2) is 0 Å². The Hall–Kier alpha value is -1.34. The zero-order valence-corrected chi connectivity index (χ0v) is 16.3. The fourth-order valence-corrected chi connectivity index (χ4v) is 2.74. The summed E-state index contributed by atoms with van der Waals surface area (Å²) in [5.74, 6) is -1.20. The van der Waals surface area contributed by atoms with Crippen LogP contribution < -0.4 is 5.32 Å². The van der Waals surface area contributed by atoms with Gasteiger partial charge in [-0.15, -0.1) is 0 Å². The third-order valence-electron chi connectivity index (χ3n) is 2.76. The Labute approximate surface area is 154 Å². The zero-order valence-electron chi connectivity index (χ0n) is 13.9. The summed E-state index contributed by atoms with van der Waals surface area (Å²) in [6.45, 7) is 6.93. The van der Waals surface area contributed by atoms with Gasteiger partial charge in [-0.05, 0) is 55.8 Å². The van der Waals surface area contributed by atoms with Crippen LogP contribution in [0.4, 0.5) is 9.18 Å². The summed E-state index contributed by atoms with van der Waals surface area (Å²) in [7, 11) is 0. The standard InChI is InChI=1S/C16H20BrClFNO4/c1-5-23-13(21)8-12(20-15(22)24-16(2,3)4)10-6-9(18)7-11(17)14(10)19/h6-7,12H,5,8H2,1-4H3,(H,20,22)/t12-/m0/s1. The number of carbonyl (C=O) groups is 2. The molecule has 0 unspecified atom stereocenters. The van der Waals surface area contributed by atoms with Gasteiger partial charge in [0.1, 0.15) is 11.4 Å². The summed E-state index contributed by atoms with van der Waals surface area (Å²) in [6.07, 6.45) is -1.02. The Morgan fingerprint density at radius 1 is 1.38 bits per heavy atom. The molecule has 0 fully saturated rings. The van der Waals surface area contributed by atoms with E-state index in [4.69, 9.17) is 21.1 Å². The summed E-state index contributed by atoms with van der Waals surface area (Å²) in [6, 6.07) is 1.76. The van der Waals surface area contributed by atoms with E-state index in [9.17, 15) is 14.0 Å². The maximum Gasteiger partial charge on any atom is 0.408 e. The molecule has 0 radical (unpaired) electrons. The van der Waals surface area contributed by atoms with Crippen molar-refractivity contribution in [1.29, 1.82) is 0 Å². The first kappa shape index (κ1) is 20.7. The first-order chi connectivity index (χ1) is 11.0. The predicted octanol–water partition coefficient (Wildman–Crippen LogP) is 4.76. The smallest absolute Gasteiger partial charge is 0.408 e. The molecule has 1 aromatic rings. The fourth-order valence-electron chi connectivity index (χ4n) is 1.90. The molecule has 1 aromatic carbocycles. The highest BCUT2D eigenvalue weighted by Gasteiger charge is 2.26.